The Balaban J connectivity index is 1.78. The van der Waals surface area contributed by atoms with Crippen LogP contribution in [0.3, 0.4) is 0 Å². The molecule has 2 aromatic rings. The van der Waals surface area contributed by atoms with Crippen LogP contribution in [0, 0.1) is 19.3 Å². The first-order valence-electron chi connectivity index (χ1n) is 11.2. The number of primary amides is 1. The number of nitrogens with one attached hydrogen (secondary N) is 1. The van der Waals surface area contributed by atoms with Gasteiger partial charge < -0.3 is 20.7 Å². The fraction of sp³-hybridized carbons (Fsp3) is 0.520. The standard InChI is InChI=1S/C25H33N3O3/c1-14-15(2)28(21-12-25(3,4)13-22(30)23(14)21)17-7-10-19(24(26)31)20(11-17)27-16-5-8-18(29)9-6-16/h7,10-11,16,18,27,29H,5-6,8-9,12-13H2,1-4H3,(H2,26,31). The molecule has 6 nitrogen and oxygen atoms in total. The third-order valence-electron chi connectivity index (χ3n) is 6.96. The molecule has 1 aromatic heterocycles. The first kappa shape index (κ1) is 21.6. The number of amides is 1. The van der Waals surface area contributed by atoms with Crippen molar-refractivity contribution >= 4 is 17.4 Å². The number of Topliss-reactive ketones (excluding diaryl/α,β-unsaturated/α-hetero) is 1. The van der Waals surface area contributed by atoms with Crippen molar-refractivity contribution in [1.29, 1.82) is 0 Å². The molecule has 1 aromatic carbocycles. The Morgan fingerprint density at radius 3 is 2.48 bits per heavy atom. The summed E-state index contributed by atoms with van der Waals surface area (Å²) >= 11 is 0. The summed E-state index contributed by atoms with van der Waals surface area (Å²) in [5.41, 5.74) is 11.7. The number of aromatic nitrogens is 1. The maximum Gasteiger partial charge on any atom is 0.250 e. The number of aliphatic hydroxyl groups excluding tert-OH is 1. The molecule has 1 heterocycles. The Morgan fingerprint density at radius 1 is 1.16 bits per heavy atom. The number of nitrogens with two attached hydrogens (primary N) is 1. The summed E-state index contributed by atoms with van der Waals surface area (Å²) in [6, 6.07) is 5.85. The zero-order valence-corrected chi connectivity index (χ0v) is 18.9. The first-order chi connectivity index (χ1) is 14.6. The number of benzene rings is 1. The van der Waals surface area contributed by atoms with E-state index in [0.29, 0.717) is 17.7 Å². The molecule has 0 aliphatic heterocycles. The van der Waals surface area contributed by atoms with Gasteiger partial charge in [-0.05, 0) is 75.1 Å². The molecule has 0 saturated heterocycles. The van der Waals surface area contributed by atoms with Gasteiger partial charge in [0.15, 0.2) is 5.78 Å². The lowest BCUT2D eigenvalue weighted by atomic mass is 9.75. The number of fused-ring (bicyclic) bond motifs is 1. The van der Waals surface area contributed by atoms with Crippen LogP contribution in [0.4, 0.5) is 5.69 Å². The van der Waals surface area contributed by atoms with Crippen molar-refractivity contribution in [2.24, 2.45) is 11.1 Å². The van der Waals surface area contributed by atoms with Crippen molar-refractivity contribution in [2.75, 3.05) is 5.32 Å². The molecule has 2 aliphatic carbocycles. The average molecular weight is 424 g/mol. The lowest BCUT2D eigenvalue weighted by Gasteiger charge is -2.30. The first-order valence-corrected chi connectivity index (χ1v) is 11.2. The van der Waals surface area contributed by atoms with Crippen molar-refractivity contribution in [3.63, 3.8) is 0 Å². The van der Waals surface area contributed by atoms with E-state index >= 15 is 0 Å². The van der Waals surface area contributed by atoms with Crippen LogP contribution in [-0.2, 0) is 6.42 Å². The smallest absolute Gasteiger partial charge is 0.250 e. The van der Waals surface area contributed by atoms with Gasteiger partial charge in [-0.25, -0.2) is 0 Å². The zero-order chi connectivity index (χ0) is 22.5. The van der Waals surface area contributed by atoms with Gasteiger partial charge in [0.1, 0.15) is 0 Å². The topological polar surface area (TPSA) is 97.3 Å². The van der Waals surface area contributed by atoms with Gasteiger partial charge in [-0.1, -0.05) is 13.8 Å². The van der Waals surface area contributed by atoms with Gasteiger partial charge in [0.2, 0.25) is 0 Å². The zero-order valence-electron chi connectivity index (χ0n) is 18.9. The molecule has 0 spiro atoms. The number of aliphatic hydroxyl groups is 1. The van der Waals surface area contributed by atoms with E-state index in [-0.39, 0.29) is 23.3 Å². The van der Waals surface area contributed by atoms with Crippen LogP contribution in [0.2, 0.25) is 0 Å². The minimum Gasteiger partial charge on any atom is -0.393 e. The molecular weight excluding hydrogens is 390 g/mol. The fourth-order valence-electron chi connectivity index (χ4n) is 5.25. The second-order valence-electron chi connectivity index (χ2n) is 10.1. The number of hydrogen-bond donors (Lipinski definition) is 3. The molecule has 0 unspecified atom stereocenters. The number of rotatable bonds is 4. The molecule has 0 bridgehead atoms. The number of hydrogen-bond acceptors (Lipinski definition) is 4. The van der Waals surface area contributed by atoms with E-state index in [1.807, 2.05) is 26.0 Å². The number of carbonyl (C=O) groups excluding carboxylic acids is 2. The molecule has 4 rings (SSSR count). The summed E-state index contributed by atoms with van der Waals surface area (Å²) in [6.45, 7) is 8.34. The van der Waals surface area contributed by atoms with Crippen LogP contribution in [0.15, 0.2) is 18.2 Å². The molecule has 1 fully saturated rings. The summed E-state index contributed by atoms with van der Waals surface area (Å²) in [5.74, 6) is -0.262. The number of nitrogens with zero attached hydrogens (tertiary/aromatic N) is 1. The minimum atomic E-state index is -0.469. The highest BCUT2D eigenvalue weighted by atomic mass is 16.3. The van der Waals surface area contributed by atoms with Crippen LogP contribution < -0.4 is 11.1 Å². The third-order valence-corrected chi connectivity index (χ3v) is 6.96. The van der Waals surface area contributed by atoms with Gasteiger partial charge in [-0.3, -0.25) is 9.59 Å². The van der Waals surface area contributed by atoms with E-state index in [0.717, 1.165) is 60.3 Å². The normalized spacial score (nSPS) is 22.8. The molecule has 0 atom stereocenters. The Labute approximate surface area is 183 Å². The van der Waals surface area contributed by atoms with Crippen molar-refractivity contribution in [3.05, 3.63) is 46.3 Å². The van der Waals surface area contributed by atoms with E-state index in [1.165, 1.54) is 0 Å². The summed E-state index contributed by atoms with van der Waals surface area (Å²) in [7, 11) is 0. The van der Waals surface area contributed by atoms with E-state index in [9.17, 15) is 14.7 Å². The highest BCUT2D eigenvalue weighted by Crippen LogP contribution is 2.40. The van der Waals surface area contributed by atoms with Crippen molar-refractivity contribution < 1.29 is 14.7 Å². The molecule has 6 heteroatoms. The van der Waals surface area contributed by atoms with Crippen LogP contribution >= 0.6 is 0 Å². The van der Waals surface area contributed by atoms with Gasteiger partial charge in [-0.15, -0.1) is 0 Å². The van der Waals surface area contributed by atoms with Crippen molar-refractivity contribution in [3.8, 4) is 5.69 Å². The van der Waals surface area contributed by atoms with Gasteiger partial charge in [-0.2, -0.15) is 0 Å². The Bertz CT molecular complexity index is 1040. The Morgan fingerprint density at radius 2 is 1.84 bits per heavy atom. The van der Waals surface area contributed by atoms with Gasteiger partial charge >= 0.3 is 0 Å². The lowest BCUT2D eigenvalue weighted by Crippen LogP contribution is -2.29. The van der Waals surface area contributed by atoms with Crippen LogP contribution in [0.5, 0.6) is 0 Å². The van der Waals surface area contributed by atoms with E-state index in [2.05, 4.69) is 23.7 Å². The van der Waals surface area contributed by atoms with Crippen molar-refractivity contribution in [1.82, 2.24) is 4.57 Å². The van der Waals surface area contributed by atoms with Crippen molar-refractivity contribution in [2.45, 2.75) is 78.4 Å². The van der Waals surface area contributed by atoms with E-state index < -0.39 is 5.91 Å². The summed E-state index contributed by atoms with van der Waals surface area (Å²) in [4.78, 5) is 25.0. The van der Waals surface area contributed by atoms with E-state index in [4.69, 9.17) is 5.73 Å². The monoisotopic (exact) mass is 423 g/mol. The Hall–Kier alpha value is -2.60. The third kappa shape index (κ3) is 4.01. The lowest BCUT2D eigenvalue weighted by molar-refractivity contribution is 0.0909. The fourth-order valence-corrected chi connectivity index (χ4v) is 5.25. The molecule has 31 heavy (non-hydrogen) atoms. The highest BCUT2D eigenvalue weighted by molar-refractivity contribution is 6.01. The molecule has 1 saturated carbocycles. The minimum absolute atomic E-state index is 0.0871. The Kier molecular flexibility index (Phi) is 5.46. The van der Waals surface area contributed by atoms with Crippen LogP contribution in [-0.4, -0.2) is 33.5 Å². The summed E-state index contributed by atoms with van der Waals surface area (Å²) in [5, 5.41) is 13.3. The molecule has 0 radical (unpaired) electrons. The quantitative estimate of drug-likeness (QED) is 0.691. The molecule has 166 valence electrons. The number of carbonyl (C=O) groups is 2. The highest BCUT2D eigenvalue weighted by Gasteiger charge is 2.36. The predicted molar refractivity (Wildman–Crippen MR) is 122 cm³/mol. The van der Waals surface area contributed by atoms with Crippen LogP contribution in [0.1, 0.15) is 83.6 Å². The second kappa shape index (κ2) is 7.83. The molecule has 2 aliphatic rings. The molecular formula is C25H33N3O3. The van der Waals surface area contributed by atoms with Gasteiger partial charge in [0.25, 0.3) is 5.91 Å². The summed E-state index contributed by atoms with van der Waals surface area (Å²) < 4.78 is 2.17. The largest absolute Gasteiger partial charge is 0.393 e. The number of ketones is 1. The maximum absolute atomic E-state index is 12.9. The van der Waals surface area contributed by atoms with E-state index in [1.54, 1.807) is 6.07 Å². The SMILES string of the molecule is Cc1c2c(n(-c3ccc(C(N)=O)c(NC4CCC(O)CC4)c3)c1C)CC(C)(C)CC2=O. The maximum atomic E-state index is 12.9. The average Bonchev–Trinajstić information content (AvgIpc) is 2.92. The predicted octanol–water partition coefficient (Wildman–Crippen LogP) is 4.06. The second-order valence-corrected chi connectivity index (χ2v) is 10.1. The summed E-state index contributed by atoms with van der Waals surface area (Å²) in [6.07, 6.45) is 4.35. The number of anilines is 1. The molecule has 4 N–H and O–H groups in total. The van der Waals surface area contributed by atoms with Crippen LogP contribution in [0.25, 0.3) is 5.69 Å². The van der Waals surface area contributed by atoms with Gasteiger partial charge in [0.05, 0.1) is 11.7 Å². The molecule has 1 amide bonds. The van der Waals surface area contributed by atoms with Gasteiger partial charge in [0, 0.05) is 40.8 Å².